The molecule has 110 valence electrons. The zero-order valence-corrected chi connectivity index (χ0v) is 12.2. The first kappa shape index (κ1) is 15.4. The Balaban J connectivity index is 2.50. The van der Waals surface area contributed by atoms with Gasteiger partial charge in [0.15, 0.2) is 5.69 Å². The second-order valence-electron chi connectivity index (χ2n) is 3.94. The summed E-state index contributed by atoms with van der Waals surface area (Å²) >= 11 is 2.82. The monoisotopic (exact) mass is 360 g/mol. The third-order valence-corrected chi connectivity index (χ3v) is 3.30. The van der Waals surface area contributed by atoms with E-state index in [1.165, 1.54) is 31.6 Å². The van der Waals surface area contributed by atoms with Crippen molar-refractivity contribution < 1.29 is 22.7 Å². The van der Waals surface area contributed by atoms with Crippen molar-refractivity contribution in [1.82, 2.24) is 9.97 Å². The zero-order chi connectivity index (χ0) is 15.6. The fourth-order valence-electron chi connectivity index (χ4n) is 1.65. The van der Waals surface area contributed by atoms with Gasteiger partial charge in [0.2, 0.25) is 11.7 Å². The number of ether oxygens (including phenoxy) is 1. The molecule has 0 aliphatic rings. The molecule has 2 rings (SSSR count). The van der Waals surface area contributed by atoms with Gasteiger partial charge in [-0.25, -0.2) is 9.97 Å². The van der Waals surface area contributed by atoms with Crippen LogP contribution in [0, 0.1) is 0 Å². The van der Waals surface area contributed by atoms with Crippen molar-refractivity contribution in [3.63, 3.8) is 0 Å². The number of aromatic nitrogens is 2. The molecule has 1 aromatic carbocycles. The highest BCUT2D eigenvalue weighted by molar-refractivity contribution is 9.10. The number of nitrogens with zero attached hydrogens (tertiary/aromatic N) is 2. The molecule has 0 saturated carbocycles. The van der Waals surface area contributed by atoms with E-state index in [-0.39, 0.29) is 21.6 Å². The lowest BCUT2D eigenvalue weighted by atomic mass is 10.0. The average molecular weight is 361 g/mol. The summed E-state index contributed by atoms with van der Waals surface area (Å²) in [4.78, 5) is 19.9. The molecule has 0 saturated heterocycles. The maximum Gasteiger partial charge on any atom is 0.417 e. The number of carbonyl (C=O) groups is 1. The minimum absolute atomic E-state index is 0.0426. The van der Waals surface area contributed by atoms with Gasteiger partial charge < -0.3 is 4.74 Å². The molecular formula is C13H8BrF3N2O2. The van der Waals surface area contributed by atoms with Crippen LogP contribution in [0.2, 0.25) is 0 Å². The van der Waals surface area contributed by atoms with Crippen molar-refractivity contribution in [1.29, 1.82) is 0 Å². The van der Waals surface area contributed by atoms with Crippen LogP contribution in [-0.2, 0) is 6.18 Å². The van der Waals surface area contributed by atoms with Crippen molar-refractivity contribution >= 4 is 21.7 Å². The predicted molar refractivity (Wildman–Crippen MR) is 71.2 cm³/mol. The zero-order valence-electron chi connectivity index (χ0n) is 10.6. The fraction of sp³-hybridized carbons (Fsp3) is 0.154. The molecule has 0 fully saturated rings. The predicted octanol–water partition coefficient (Wildman–Crippen LogP) is 3.50. The first-order chi connectivity index (χ1) is 9.84. The van der Waals surface area contributed by atoms with Crippen molar-refractivity contribution in [2.24, 2.45) is 0 Å². The van der Waals surface area contributed by atoms with Gasteiger partial charge in [0.05, 0.1) is 12.7 Å². The Hall–Kier alpha value is -1.96. The minimum Gasteiger partial charge on any atom is -0.479 e. The highest BCUT2D eigenvalue weighted by Crippen LogP contribution is 2.35. The summed E-state index contributed by atoms with van der Waals surface area (Å²) in [5.41, 5.74) is -1.23. The molecule has 0 bridgehead atoms. The van der Waals surface area contributed by atoms with Crippen LogP contribution < -0.4 is 4.74 Å². The van der Waals surface area contributed by atoms with E-state index in [9.17, 15) is 18.0 Å². The van der Waals surface area contributed by atoms with Crippen molar-refractivity contribution in [2.45, 2.75) is 6.18 Å². The van der Waals surface area contributed by atoms with Crippen LogP contribution in [0.5, 0.6) is 5.88 Å². The van der Waals surface area contributed by atoms with Crippen LogP contribution in [0.25, 0.3) is 0 Å². The normalized spacial score (nSPS) is 11.3. The Morgan fingerprint density at radius 2 is 1.90 bits per heavy atom. The van der Waals surface area contributed by atoms with E-state index in [1.807, 2.05) is 0 Å². The summed E-state index contributed by atoms with van der Waals surface area (Å²) in [5.74, 6) is -0.739. The molecule has 0 atom stereocenters. The van der Waals surface area contributed by atoms with Gasteiger partial charge in [-0.1, -0.05) is 15.9 Å². The Bertz CT molecular complexity index is 689. The third kappa shape index (κ3) is 3.21. The molecular weight excluding hydrogens is 353 g/mol. The molecule has 0 unspecified atom stereocenters. The van der Waals surface area contributed by atoms with Crippen LogP contribution in [0.1, 0.15) is 21.6 Å². The molecule has 0 aliphatic heterocycles. The van der Waals surface area contributed by atoms with Crippen molar-refractivity contribution in [3.8, 4) is 5.88 Å². The van der Waals surface area contributed by atoms with Crippen molar-refractivity contribution in [3.05, 3.63) is 51.9 Å². The number of benzene rings is 1. The number of rotatable bonds is 3. The summed E-state index contributed by atoms with van der Waals surface area (Å²) in [6.45, 7) is 0. The molecule has 0 N–H and O–H groups in total. The SMILES string of the molecule is COc1nccnc1C(=O)c1ccc(Br)c(C(F)(F)F)c1. The van der Waals surface area contributed by atoms with Gasteiger partial charge in [-0.05, 0) is 18.2 Å². The number of hydrogen-bond donors (Lipinski definition) is 0. The van der Waals surface area contributed by atoms with Gasteiger partial charge in [0.1, 0.15) is 0 Å². The van der Waals surface area contributed by atoms with Gasteiger partial charge in [0, 0.05) is 22.4 Å². The van der Waals surface area contributed by atoms with Gasteiger partial charge in [0.25, 0.3) is 0 Å². The van der Waals surface area contributed by atoms with E-state index < -0.39 is 17.5 Å². The largest absolute Gasteiger partial charge is 0.479 e. The Kier molecular flexibility index (Phi) is 4.26. The minimum atomic E-state index is -4.57. The quantitative estimate of drug-likeness (QED) is 0.786. The van der Waals surface area contributed by atoms with E-state index in [1.54, 1.807) is 0 Å². The molecule has 8 heteroatoms. The Morgan fingerprint density at radius 3 is 2.52 bits per heavy atom. The lowest BCUT2D eigenvalue weighted by Crippen LogP contribution is -2.11. The highest BCUT2D eigenvalue weighted by atomic mass is 79.9. The number of ketones is 1. The molecule has 0 aliphatic carbocycles. The fourth-order valence-corrected chi connectivity index (χ4v) is 2.12. The number of hydrogen-bond acceptors (Lipinski definition) is 4. The first-order valence-corrected chi connectivity index (χ1v) is 6.40. The molecule has 0 spiro atoms. The smallest absolute Gasteiger partial charge is 0.417 e. The third-order valence-electron chi connectivity index (χ3n) is 2.61. The van der Waals surface area contributed by atoms with Gasteiger partial charge in [-0.15, -0.1) is 0 Å². The van der Waals surface area contributed by atoms with Crippen LogP contribution in [0.15, 0.2) is 35.1 Å². The lowest BCUT2D eigenvalue weighted by molar-refractivity contribution is -0.138. The number of halogens is 4. The standard InChI is InChI=1S/C13H8BrF3N2O2/c1-21-12-10(18-4-5-19-12)11(20)7-2-3-9(14)8(6-7)13(15,16)17/h2-6H,1H3. The Labute approximate surface area is 126 Å². The lowest BCUT2D eigenvalue weighted by Gasteiger charge is -2.11. The summed E-state index contributed by atoms with van der Waals surface area (Å²) in [6, 6.07) is 3.20. The summed E-state index contributed by atoms with van der Waals surface area (Å²) < 4.78 is 43.3. The van der Waals surface area contributed by atoms with Crippen LogP contribution in [-0.4, -0.2) is 22.9 Å². The van der Waals surface area contributed by atoms with E-state index in [4.69, 9.17) is 4.74 Å². The summed E-state index contributed by atoms with van der Waals surface area (Å²) in [5, 5.41) is 0. The van der Waals surface area contributed by atoms with E-state index in [0.29, 0.717) is 0 Å². The highest BCUT2D eigenvalue weighted by Gasteiger charge is 2.34. The summed E-state index contributed by atoms with van der Waals surface area (Å²) in [7, 11) is 1.30. The average Bonchev–Trinajstić information content (AvgIpc) is 2.45. The molecule has 2 aromatic rings. The maximum atomic E-state index is 12.8. The summed E-state index contributed by atoms with van der Waals surface area (Å²) in [6.07, 6.45) is -1.99. The number of methoxy groups -OCH3 is 1. The molecule has 4 nitrogen and oxygen atoms in total. The number of alkyl halides is 3. The van der Waals surface area contributed by atoms with Gasteiger partial charge in [-0.3, -0.25) is 4.79 Å². The van der Waals surface area contributed by atoms with E-state index >= 15 is 0 Å². The maximum absolute atomic E-state index is 12.8. The molecule has 0 radical (unpaired) electrons. The van der Waals surface area contributed by atoms with E-state index in [0.717, 1.165) is 6.07 Å². The number of carbonyl (C=O) groups excluding carboxylic acids is 1. The van der Waals surface area contributed by atoms with Crippen molar-refractivity contribution in [2.75, 3.05) is 7.11 Å². The second-order valence-corrected chi connectivity index (χ2v) is 4.79. The van der Waals surface area contributed by atoms with Crippen LogP contribution in [0.3, 0.4) is 0 Å². The molecule has 21 heavy (non-hydrogen) atoms. The second kappa shape index (κ2) is 5.80. The van der Waals surface area contributed by atoms with Crippen LogP contribution >= 0.6 is 15.9 Å². The van der Waals surface area contributed by atoms with E-state index in [2.05, 4.69) is 25.9 Å². The topological polar surface area (TPSA) is 52.1 Å². The van der Waals surface area contributed by atoms with Crippen LogP contribution in [0.4, 0.5) is 13.2 Å². The first-order valence-electron chi connectivity index (χ1n) is 5.61. The molecule has 0 amide bonds. The molecule has 1 aromatic heterocycles. The van der Waals surface area contributed by atoms with Gasteiger partial charge in [-0.2, -0.15) is 13.2 Å². The molecule has 1 heterocycles. The van der Waals surface area contributed by atoms with Gasteiger partial charge >= 0.3 is 6.18 Å². The Morgan fingerprint density at radius 1 is 1.24 bits per heavy atom.